The van der Waals surface area contributed by atoms with Crippen LogP contribution >= 0.6 is 11.6 Å². The van der Waals surface area contributed by atoms with E-state index >= 15 is 0 Å². The maximum atomic E-state index is 12.6. The first kappa shape index (κ1) is 16.0. The molecule has 1 heterocycles. The average molecular weight is 333 g/mol. The first-order valence-electron chi connectivity index (χ1n) is 8.06. The minimum atomic E-state index is -0.0534. The molecule has 0 bridgehead atoms. The van der Waals surface area contributed by atoms with Gasteiger partial charge in [0.1, 0.15) is 0 Å². The Morgan fingerprint density at radius 3 is 2.78 bits per heavy atom. The van der Waals surface area contributed by atoms with Gasteiger partial charge in [0.05, 0.1) is 12.7 Å². The molecule has 0 spiro atoms. The van der Waals surface area contributed by atoms with Crippen LogP contribution in [0.15, 0.2) is 30.5 Å². The smallest absolute Gasteiger partial charge is 0.276 e. The third kappa shape index (κ3) is 3.72. The van der Waals surface area contributed by atoms with Crippen molar-refractivity contribution < 1.29 is 4.79 Å². The monoisotopic (exact) mass is 332 g/mol. The van der Waals surface area contributed by atoms with E-state index in [4.69, 9.17) is 11.6 Å². The summed E-state index contributed by atoms with van der Waals surface area (Å²) in [6.45, 7) is 0.507. The molecule has 1 aliphatic carbocycles. The Hall–Kier alpha value is -1.88. The summed E-state index contributed by atoms with van der Waals surface area (Å²) in [6.07, 6.45) is 7.52. The topological polar surface area (TPSA) is 51.0 Å². The van der Waals surface area contributed by atoms with Crippen molar-refractivity contribution >= 4 is 17.5 Å². The zero-order valence-electron chi connectivity index (χ0n) is 13.3. The van der Waals surface area contributed by atoms with Crippen LogP contribution in [0.25, 0.3) is 0 Å². The van der Waals surface area contributed by atoms with Crippen LogP contribution in [0, 0.1) is 0 Å². The van der Waals surface area contributed by atoms with E-state index < -0.39 is 0 Å². The highest BCUT2D eigenvalue weighted by molar-refractivity contribution is 6.31. The fraction of sp³-hybridized carbons (Fsp3) is 0.471. The lowest BCUT2D eigenvalue weighted by molar-refractivity contribution is 0.0690. The van der Waals surface area contributed by atoms with Crippen LogP contribution in [0.5, 0.6) is 0 Å². The van der Waals surface area contributed by atoms with Crippen molar-refractivity contribution in [3.8, 4) is 0 Å². The maximum absolute atomic E-state index is 12.6. The van der Waals surface area contributed by atoms with Crippen molar-refractivity contribution in [1.82, 2.24) is 19.9 Å². The Morgan fingerprint density at radius 1 is 1.30 bits per heavy atom. The Morgan fingerprint density at radius 2 is 2.04 bits per heavy atom. The zero-order chi connectivity index (χ0) is 16.2. The molecule has 2 aromatic rings. The van der Waals surface area contributed by atoms with Crippen molar-refractivity contribution in [3.05, 3.63) is 46.7 Å². The number of hydrogen-bond donors (Lipinski definition) is 0. The van der Waals surface area contributed by atoms with E-state index in [1.54, 1.807) is 10.9 Å². The molecule has 0 N–H and O–H groups in total. The first-order chi connectivity index (χ1) is 11.1. The van der Waals surface area contributed by atoms with E-state index in [1.165, 1.54) is 19.3 Å². The molecule has 0 unspecified atom stereocenters. The molecule has 1 saturated carbocycles. The van der Waals surface area contributed by atoms with Gasteiger partial charge >= 0.3 is 0 Å². The van der Waals surface area contributed by atoms with Gasteiger partial charge in [-0.3, -0.25) is 4.79 Å². The molecule has 23 heavy (non-hydrogen) atoms. The van der Waals surface area contributed by atoms with Gasteiger partial charge in [-0.25, -0.2) is 4.68 Å². The number of rotatable bonds is 4. The zero-order valence-corrected chi connectivity index (χ0v) is 14.0. The summed E-state index contributed by atoms with van der Waals surface area (Å²) in [5, 5.41) is 8.79. The lowest BCUT2D eigenvalue weighted by Crippen LogP contribution is -2.38. The highest BCUT2D eigenvalue weighted by Gasteiger charge is 2.24. The van der Waals surface area contributed by atoms with Gasteiger partial charge in [0, 0.05) is 18.1 Å². The number of amides is 1. The molecule has 1 amide bonds. The highest BCUT2D eigenvalue weighted by Crippen LogP contribution is 2.22. The van der Waals surface area contributed by atoms with Gasteiger partial charge < -0.3 is 4.90 Å². The summed E-state index contributed by atoms with van der Waals surface area (Å²) < 4.78 is 1.66. The molecule has 1 fully saturated rings. The van der Waals surface area contributed by atoms with E-state index in [0.717, 1.165) is 18.4 Å². The number of benzene rings is 1. The van der Waals surface area contributed by atoms with Gasteiger partial charge in [0.2, 0.25) is 0 Å². The normalized spacial score (nSPS) is 15.6. The molecule has 3 rings (SSSR count). The minimum Gasteiger partial charge on any atom is -0.337 e. The van der Waals surface area contributed by atoms with Crippen LogP contribution < -0.4 is 0 Å². The average Bonchev–Trinajstić information content (AvgIpc) is 3.05. The van der Waals surface area contributed by atoms with Crippen molar-refractivity contribution in [3.63, 3.8) is 0 Å². The molecule has 6 heteroatoms. The van der Waals surface area contributed by atoms with Crippen LogP contribution in [-0.2, 0) is 6.54 Å². The second-order valence-electron chi connectivity index (χ2n) is 6.10. The Labute approximate surface area is 141 Å². The maximum Gasteiger partial charge on any atom is 0.276 e. The molecular weight excluding hydrogens is 312 g/mol. The van der Waals surface area contributed by atoms with E-state index in [2.05, 4.69) is 10.3 Å². The van der Waals surface area contributed by atoms with Crippen LogP contribution in [0.1, 0.15) is 48.2 Å². The summed E-state index contributed by atoms with van der Waals surface area (Å²) in [7, 11) is 1.87. The third-order valence-corrected chi connectivity index (χ3v) is 4.86. The van der Waals surface area contributed by atoms with Gasteiger partial charge in [-0.1, -0.05) is 54.3 Å². The second-order valence-corrected chi connectivity index (χ2v) is 6.51. The third-order valence-electron chi connectivity index (χ3n) is 4.49. The van der Waals surface area contributed by atoms with Crippen LogP contribution in [0.3, 0.4) is 0 Å². The molecule has 1 aliphatic rings. The number of nitrogens with zero attached hydrogens (tertiary/aromatic N) is 4. The van der Waals surface area contributed by atoms with E-state index in [9.17, 15) is 4.79 Å². The van der Waals surface area contributed by atoms with E-state index in [-0.39, 0.29) is 5.91 Å². The molecule has 0 aliphatic heterocycles. The predicted octanol–water partition coefficient (Wildman–Crippen LogP) is 3.38. The van der Waals surface area contributed by atoms with Gasteiger partial charge in [-0.15, -0.1) is 5.10 Å². The van der Waals surface area contributed by atoms with Crippen molar-refractivity contribution in [2.45, 2.75) is 44.7 Å². The van der Waals surface area contributed by atoms with Gasteiger partial charge in [-0.2, -0.15) is 0 Å². The number of aromatic nitrogens is 3. The number of carbonyl (C=O) groups excluding carboxylic acids is 1. The Bertz CT molecular complexity index is 679. The second kappa shape index (κ2) is 7.13. The quantitative estimate of drug-likeness (QED) is 0.862. The summed E-state index contributed by atoms with van der Waals surface area (Å²) in [6, 6.07) is 7.93. The molecule has 0 radical (unpaired) electrons. The van der Waals surface area contributed by atoms with E-state index in [1.807, 2.05) is 36.2 Å². The number of hydrogen-bond acceptors (Lipinski definition) is 3. The molecule has 0 atom stereocenters. The Kier molecular flexibility index (Phi) is 4.96. The summed E-state index contributed by atoms with van der Waals surface area (Å²) >= 11 is 6.16. The number of halogens is 1. The molecule has 1 aromatic heterocycles. The summed E-state index contributed by atoms with van der Waals surface area (Å²) in [5.74, 6) is -0.0534. The molecule has 1 aromatic carbocycles. The SMILES string of the molecule is CN(C(=O)c1cn(Cc2ccccc2Cl)nn1)C1CCCCC1. The minimum absolute atomic E-state index is 0.0534. The molecule has 122 valence electrons. The number of carbonyl (C=O) groups is 1. The largest absolute Gasteiger partial charge is 0.337 e. The fourth-order valence-corrected chi connectivity index (χ4v) is 3.29. The van der Waals surface area contributed by atoms with Crippen LogP contribution in [0.4, 0.5) is 0 Å². The van der Waals surface area contributed by atoms with Crippen molar-refractivity contribution in [2.24, 2.45) is 0 Å². The predicted molar refractivity (Wildman–Crippen MR) is 89.5 cm³/mol. The van der Waals surface area contributed by atoms with Crippen LogP contribution in [0.2, 0.25) is 5.02 Å². The first-order valence-corrected chi connectivity index (χ1v) is 8.43. The lowest BCUT2D eigenvalue weighted by Gasteiger charge is -2.30. The fourth-order valence-electron chi connectivity index (χ4n) is 3.09. The van der Waals surface area contributed by atoms with Gasteiger partial charge in [0.25, 0.3) is 5.91 Å². The van der Waals surface area contributed by atoms with Crippen LogP contribution in [-0.4, -0.2) is 38.9 Å². The highest BCUT2D eigenvalue weighted by atomic mass is 35.5. The van der Waals surface area contributed by atoms with Crippen molar-refractivity contribution in [2.75, 3.05) is 7.05 Å². The standard InChI is InChI=1S/C17H21ClN4O/c1-21(14-8-3-2-4-9-14)17(23)16-12-22(20-19-16)11-13-7-5-6-10-15(13)18/h5-7,10,12,14H,2-4,8-9,11H2,1H3. The summed E-state index contributed by atoms with van der Waals surface area (Å²) in [4.78, 5) is 14.4. The van der Waals surface area contributed by atoms with E-state index in [0.29, 0.717) is 23.3 Å². The summed E-state index contributed by atoms with van der Waals surface area (Å²) in [5.41, 5.74) is 1.35. The van der Waals surface area contributed by atoms with Gasteiger partial charge in [-0.05, 0) is 24.5 Å². The lowest BCUT2D eigenvalue weighted by atomic mass is 9.94. The molecule has 5 nitrogen and oxygen atoms in total. The molecule has 0 saturated heterocycles. The van der Waals surface area contributed by atoms with Gasteiger partial charge in [0.15, 0.2) is 5.69 Å². The molecular formula is C17H21ClN4O. The van der Waals surface area contributed by atoms with Crippen molar-refractivity contribution in [1.29, 1.82) is 0 Å². The Balaban J connectivity index is 1.68.